The van der Waals surface area contributed by atoms with Gasteiger partial charge in [-0.3, -0.25) is 0 Å². The SMILES string of the molecule is C1=CC2C=Cc3c(oc4c(-n5c6c(c7cc8ccccc8cc75)CCC=C6)c(-c5nc(-c6cccc7sc8c(c67)CCC=C8)nc(-c6cccc7sc8ccccc8c67)n5)ccc34)C2C=C1. The van der Waals surface area contributed by atoms with Gasteiger partial charge < -0.3 is 8.98 Å². The number of hydrogen-bond acceptors (Lipinski definition) is 6. The highest BCUT2D eigenvalue weighted by atomic mass is 32.1. The number of benzene rings is 6. The van der Waals surface area contributed by atoms with Crippen LogP contribution in [0.15, 0.2) is 156 Å². The molecular weight excluding hydrogens is 845 g/mol. The van der Waals surface area contributed by atoms with Gasteiger partial charge in [-0.15, -0.1) is 22.7 Å². The molecule has 312 valence electrons. The molecule has 0 fully saturated rings. The fourth-order valence-electron chi connectivity index (χ4n) is 11.4. The number of thiophene rings is 2. The van der Waals surface area contributed by atoms with Crippen LogP contribution in [0.3, 0.4) is 0 Å². The summed E-state index contributed by atoms with van der Waals surface area (Å²) >= 11 is 3.67. The van der Waals surface area contributed by atoms with Gasteiger partial charge in [0.2, 0.25) is 0 Å². The lowest BCUT2D eigenvalue weighted by Crippen LogP contribution is -2.11. The molecule has 7 heteroatoms. The van der Waals surface area contributed by atoms with Crippen molar-refractivity contribution in [1.29, 1.82) is 0 Å². The zero-order valence-electron chi connectivity index (χ0n) is 35.7. The number of allylic oxidation sites excluding steroid dienone is 7. The number of nitrogens with zero attached hydrogens (tertiary/aromatic N) is 4. The smallest absolute Gasteiger partial charge is 0.166 e. The first-order valence-corrected chi connectivity index (χ1v) is 24.6. The summed E-state index contributed by atoms with van der Waals surface area (Å²) in [5.41, 5.74) is 10.9. The quantitative estimate of drug-likeness (QED) is 0.177. The van der Waals surface area contributed by atoms with E-state index in [2.05, 4.69) is 175 Å². The van der Waals surface area contributed by atoms with Crippen molar-refractivity contribution in [3.8, 4) is 39.9 Å². The predicted octanol–water partition coefficient (Wildman–Crippen LogP) is 16.1. The van der Waals surface area contributed by atoms with Crippen LogP contribution in [-0.4, -0.2) is 19.5 Å². The molecule has 2 unspecified atom stereocenters. The number of fused-ring (bicyclic) bond motifs is 15. The monoisotopic (exact) mass is 882 g/mol. The standard InChI is InChI=1S/C59H38N4OS2/c1-2-15-35-32-47-45(31-34(35)14-1)37-17-5-8-22-46(37)63(47)54-44(30-29-39-38-28-27-33-13-3-4-16-36(33)55(38)64-56(39)54)59-61-57(42-20-11-25-50-52(42)40-18-6-9-23-48(40)65-50)60-58(62-59)43-21-12-26-51-53(43)41-19-7-10-24-49(41)66-51/h1-4,6,8-16,18,20-33,36H,5,7,17,19H2. The highest BCUT2D eigenvalue weighted by Gasteiger charge is 2.33. The van der Waals surface area contributed by atoms with E-state index in [1.54, 1.807) is 0 Å². The largest absolute Gasteiger partial charge is 0.458 e. The van der Waals surface area contributed by atoms with Crippen molar-refractivity contribution in [1.82, 2.24) is 19.5 Å². The van der Waals surface area contributed by atoms with E-state index in [1.807, 2.05) is 22.7 Å². The lowest BCUT2D eigenvalue weighted by Gasteiger charge is -2.23. The Balaban J connectivity index is 1.08. The van der Waals surface area contributed by atoms with Gasteiger partial charge in [0, 0.05) is 85.7 Å². The Morgan fingerprint density at radius 3 is 2.14 bits per heavy atom. The molecule has 4 aliphatic carbocycles. The Bertz CT molecular complexity index is 4090. The molecule has 0 saturated heterocycles. The molecule has 0 spiro atoms. The first-order chi connectivity index (χ1) is 32.7. The Kier molecular flexibility index (Phi) is 7.83. The molecule has 0 N–H and O–H groups in total. The number of aryl methyl sites for hydroxylation is 2. The second-order valence-electron chi connectivity index (χ2n) is 18.0. The number of hydrogen-bond donors (Lipinski definition) is 0. The van der Waals surface area contributed by atoms with E-state index in [1.165, 1.54) is 68.1 Å². The Hall–Kier alpha value is -7.45. The van der Waals surface area contributed by atoms with E-state index >= 15 is 0 Å². The van der Waals surface area contributed by atoms with E-state index < -0.39 is 0 Å². The van der Waals surface area contributed by atoms with Crippen molar-refractivity contribution >= 4 is 104 Å². The molecule has 66 heavy (non-hydrogen) atoms. The van der Waals surface area contributed by atoms with Crippen LogP contribution < -0.4 is 0 Å². The van der Waals surface area contributed by atoms with Crippen LogP contribution in [0.1, 0.15) is 51.8 Å². The van der Waals surface area contributed by atoms with Crippen LogP contribution in [0, 0.1) is 5.92 Å². The van der Waals surface area contributed by atoms with Gasteiger partial charge in [-0.1, -0.05) is 115 Å². The minimum Gasteiger partial charge on any atom is -0.458 e. The van der Waals surface area contributed by atoms with E-state index in [0.29, 0.717) is 17.5 Å². The maximum absolute atomic E-state index is 7.38. The molecule has 0 amide bonds. The summed E-state index contributed by atoms with van der Waals surface area (Å²) in [6.07, 6.45) is 26.7. The summed E-state index contributed by atoms with van der Waals surface area (Å²) in [6.45, 7) is 0. The van der Waals surface area contributed by atoms with Gasteiger partial charge in [-0.2, -0.15) is 0 Å². The van der Waals surface area contributed by atoms with E-state index in [4.69, 9.17) is 19.4 Å². The molecule has 4 aliphatic rings. The maximum Gasteiger partial charge on any atom is 0.166 e. The van der Waals surface area contributed by atoms with Gasteiger partial charge in [0.05, 0.1) is 5.52 Å². The summed E-state index contributed by atoms with van der Waals surface area (Å²) < 4.78 is 13.6. The molecule has 0 aliphatic heterocycles. The molecule has 15 rings (SSSR count). The molecule has 0 saturated carbocycles. The first-order valence-electron chi connectivity index (χ1n) is 23.0. The summed E-state index contributed by atoms with van der Waals surface area (Å²) in [6, 6.07) is 39.8. The third-order valence-corrected chi connectivity index (χ3v) is 16.6. The first kappa shape index (κ1) is 36.8. The molecule has 5 heterocycles. The lowest BCUT2D eigenvalue weighted by atomic mass is 9.81. The van der Waals surface area contributed by atoms with Crippen molar-refractivity contribution < 1.29 is 4.42 Å². The van der Waals surface area contributed by atoms with Crippen molar-refractivity contribution in [2.45, 2.75) is 31.6 Å². The molecule has 2 atom stereocenters. The third-order valence-electron chi connectivity index (χ3n) is 14.3. The number of rotatable bonds is 4. The van der Waals surface area contributed by atoms with Gasteiger partial charge in [-0.05, 0) is 102 Å². The molecule has 5 nitrogen and oxygen atoms in total. The molecule has 0 bridgehead atoms. The van der Waals surface area contributed by atoms with E-state index in [9.17, 15) is 0 Å². The van der Waals surface area contributed by atoms with Crippen LogP contribution >= 0.6 is 22.7 Å². The highest BCUT2D eigenvalue weighted by Crippen LogP contribution is 2.49. The third kappa shape index (κ3) is 5.29. The Labute approximate surface area is 387 Å². The average molecular weight is 883 g/mol. The van der Waals surface area contributed by atoms with Crippen molar-refractivity contribution in [3.63, 3.8) is 0 Å². The van der Waals surface area contributed by atoms with Crippen molar-refractivity contribution in [3.05, 3.63) is 185 Å². The van der Waals surface area contributed by atoms with Crippen LogP contribution in [0.25, 0.3) is 121 Å². The van der Waals surface area contributed by atoms with Crippen LogP contribution in [0.2, 0.25) is 0 Å². The van der Waals surface area contributed by atoms with Crippen molar-refractivity contribution in [2.75, 3.05) is 0 Å². The fraction of sp³-hybridized carbons (Fsp3) is 0.102. The Morgan fingerprint density at radius 1 is 0.561 bits per heavy atom. The summed E-state index contributed by atoms with van der Waals surface area (Å²) in [4.78, 5) is 18.1. The van der Waals surface area contributed by atoms with Gasteiger partial charge in [0.25, 0.3) is 0 Å². The fourth-order valence-corrected chi connectivity index (χ4v) is 13.7. The number of aromatic nitrogens is 4. The van der Waals surface area contributed by atoms with Gasteiger partial charge in [0.1, 0.15) is 11.4 Å². The van der Waals surface area contributed by atoms with Gasteiger partial charge in [0.15, 0.2) is 23.1 Å². The molecular formula is C59H38N4OS2. The predicted molar refractivity (Wildman–Crippen MR) is 277 cm³/mol. The van der Waals surface area contributed by atoms with Gasteiger partial charge >= 0.3 is 0 Å². The molecule has 6 aromatic carbocycles. The highest BCUT2D eigenvalue weighted by molar-refractivity contribution is 7.26. The second kappa shape index (κ2) is 14.0. The summed E-state index contributed by atoms with van der Waals surface area (Å²) in [7, 11) is 0. The van der Waals surface area contributed by atoms with Crippen molar-refractivity contribution in [2.24, 2.45) is 5.92 Å². The molecule has 5 aromatic heterocycles. The van der Waals surface area contributed by atoms with Crippen LogP contribution in [0.4, 0.5) is 0 Å². The van der Waals surface area contributed by atoms with E-state index in [-0.39, 0.29) is 11.8 Å². The minimum atomic E-state index is 0.112. The maximum atomic E-state index is 7.38. The summed E-state index contributed by atoms with van der Waals surface area (Å²) in [5, 5.41) is 8.42. The Morgan fingerprint density at radius 2 is 1.27 bits per heavy atom. The van der Waals surface area contributed by atoms with Crippen LogP contribution in [-0.2, 0) is 12.8 Å². The zero-order chi connectivity index (χ0) is 43.0. The zero-order valence-corrected chi connectivity index (χ0v) is 37.3. The lowest BCUT2D eigenvalue weighted by molar-refractivity contribution is 0.491. The van der Waals surface area contributed by atoms with Gasteiger partial charge in [-0.25, -0.2) is 15.0 Å². The second-order valence-corrected chi connectivity index (χ2v) is 20.1. The average Bonchev–Trinajstić information content (AvgIpc) is 4.14. The molecule has 0 radical (unpaired) electrons. The summed E-state index contributed by atoms with van der Waals surface area (Å²) in [5.74, 6) is 3.30. The molecule has 11 aromatic rings. The topological polar surface area (TPSA) is 56.7 Å². The minimum absolute atomic E-state index is 0.112. The number of furan rings is 1. The van der Waals surface area contributed by atoms with Crippen LogP contribution in [0.5, 0.6) is 0 Å². The van der Waals surface area contributed by atoms with E-state index in [0.717, 1.165) is 75.9 Å². The normalized spacial score (nSPS) is 17.2.